The number of benzene rings is 1. The van der Waals surface area contributed by atoms with E-state index in [4.69, 9.17) is 5.73 Å². The Bertz CT molecular complexity index is 559. The second-order valence-corrected chi connectivity index (χ2v) is 5.72. The normalized spacial score (nSPS) is 24.8. The standard InChI is InChI=1S/C15H21N3O3/c1-3-10-4-6-13(9(10)2)17-15(19)12-8-11(16)5-7-14(12)18(20)21/h5,7-10,13H,3-4,6,16H2,1-2H3,(H,17,19). The molecule has 3 N–H and O–H groups in total. The summed E-state index contributed by atoms with van der Waals surface area (Å²) in [5.41, 5.74) is 5.81. The summed E-state index contributed by atoms with van der Waals surface area (Å²) in [5, 5.41) is 14.0. The van der Waals surface area contributed by atoms with Crippen molar-refractivity contribution in [1.82, 2.24) is 5.32 Å². The first-order valence-electron chi connectivity index (χ1n) is 7.28. The van der Waals surface area contributed by atoms with Crippen molar-refractivity contribution < 1.29 is 9.72 Å². The summed E-state index contributed by atoms with van der Waals surface area (Å²) < 4.78 is 0. The van der Waals surface area contributed by atoms with E-state index in [1.807, 2.05) is 0 Å². The molecule has 2 rings (SSSR count). The molecule has 1 aliphatic carbocycles. The molecule has 1 aromatic carbocycles. The van der Waals surface area contributed by atoms with Crippen LogP contribution in [-0.4, -0.2) is 16.9 Å². The molecule has 0 saturated heterocycles. The van der Waals surface area contributed by atoms with Gasteiger partial charge in [-0.2, -0.15) is 0 Å². The van der Waals surface area contributed by atoms with Crippen LogP contribution in [0.3, 0.4) is 0 Å². The Kier molecular flexibility index (Phi) is 4.45. The first kappa shape index (κ1) is 15.3. The lowest BCUT2D eigenvalue weighted by Gasteiger charge is -2.21. The Morgan fingerprint density at radius 1 is 1.48 bits per heavy atom. The number of nitro benzene ring substituents is 1. The number of anilines is 1. The second kappa shape index (κ2) is 6.11. The molecular formula is C15H21N3O3. The number of nitro groups is 1. The fourth-order valence-electron chi connectivity index (χ4n) is 3.17. The Hall–Kier alpha value is -2.11. The van der Waals surface area contributed by atoms with Crippen molar-refractivity contribution in [2.75, 3.05) is 5.73 Å². The fourth-order valence-corrected chi connectivity index (χ4v) is 3.17. The summed E-state index contributed by atoms with van der Waals surface area (Å²) in [7, 11) is 0. The molecule has 0 bridgehead atoms. The Morgan fingerprint density at radius 2 is 2.19 bits per heavy atom. The van der Waals surface area contributed by atoms with Gasteiger partial charge in [0.25, 0.3) is 11.6 Å². The Balaban J connectivity index is 2.18. The van der Waals surface area contributed by atoms with Gasteiger partial charge in [-0.15, -0.1) is 0 Å². The van der Waals surface area contributed by atoms with Crippen molar-refractivity contribution in [3.63, 3.8) is 0 Å². The minimum Gasteiger partial charge on any atom is -0.399 e. The first-order chi connectivity index (χ1) is 9.93. The summed E-state index contributed by atoms with van der Waals surface area (Å²) in [4.78, 5) is 22.8. The van der Waals surface area contributed by atoms with Crippen LogP contribution in [-0.2, 0) is 0 Å². The van der Waals surface area contributed by atoms with Gasteiger partial charge in [0.05, 0.1) is 4.92 Å². The van der Waals surface area contributed by atoms with Crippen LogP contribution in [0.25, 0.3) is 0 Å². The zero-order valence-corrected chi connectivity index (χ0v) is 12.3. The van der Waals surface area contributed by atoms with E-state index in [1.54, 1.807) is 0 Å². The summed E-state index contributed by atoms with van der Waals surface area (Å²) in [6.45, 7) is 4.27. The Labute approximate surface area is 123 Å². The van der Waals surface area contributed by atoms with Gasteiger partial charge in [-0.05, 0) is 36.8 Å². The summed E-state index contributed by atoms with van der Waals surface area (Å²) in [5.74, 6) is 0.577. The third-order valence-corrected chi connectivity index (χ3v) is 4.53. The van der Waals surface area contributed by atoms with Crippen molar-refractivity contribution in [3.8, 4) is 0 Å². The van der Waals surface area contributed by atoms with E-state index in [-0.39, 0.29) is 17.3 Å². The fraction of sp³-hybridized carbons (Fsp3) is 0.533. The van der Waals surface area contributed by atoms with E-state index in [9.17, 15) is 14.9 Å². The quantitative estimate of drug-likeness (QED) is 0.506. The molecule has 1 saturated carbocycles. The molecule has 6 nitrogen and oxygen atoms in total. The molecule has 0 spiro atoms. The average molecular weight is 291 g/mol. The van der Waals surface area contributed by atoms with Gasteiger partial charge >= 0.3 is 0 Å². The molecule has 1 aliphatic rings. The molecule has 3 atom stereocenters. The lowest BCUT2D eigenvalue weighted by Crippen LogP contribution is -2.37. The maximum atomic E-state index is 12.3. The molecule has 0 heterocycles. The van der Waals surface area contributed by atoms with Gasteiger partial charge < -0.3 is 11.1 Å². The topological polar surface area (TPSA) is 98.3 Å². The molecule has 0 aromatic heterocycles. The molecule has 1 amide bonds. The van der Waals surface area contributed by atoms with Gasteiger partial charge in [0.15, 0.2) is 0 Å². The van der Waals surface area contributed by atoms with Crippen LogP contribution in [0.4, 0.5) is 11.4 Å². The lowest BCUT2D eigenvalue weighted by molar-refractivity contribution is -0.385. The van der Waals surface area contributed by atoms with Gasteiger partial charge in [0, 0.05) is 17.8 Å². The predicted octanol–water partition coefficient (Wildman–Crippen LogP) is 2.73. The molecule has 1 aromatic rings. The maximum absolute atomic E-state index is 12.3. The van der Waals surface area contributed by atoms with E-state index in [2.05, 4.69) is 19.2 Å². The second-order valence-electron chi connectivity index (χ2n) is 5.72. The molecule has 6 heteroatoms. The number of rotatable bonds is 4. The summed E-state index contributed by atoms with van der Waals surface area (Å²) >= 11 is 0. The molecule has 3 unspecified atom stereocenters. The molecular weight excluding hydrogens is 270 g/mol. The number of carbonyl (C=O) groups excluding carboxylic acids is 1. The smallest absolute Gasteiger partial charge is 0.282 e. The number of nitrogen functional groups attached to an aromatic ring is 1. The highest BCUT2D eigenvalue weighted by molar-refractivity contribution is 5.99. The molecule has 21 heavy (non-hydrogen) atoms. The van der Waals surface area contributed by atoms with Gasteiger partial charge in [-0.1, -0.05) is 20.3 Å². The van der Waals surface area contributed by atoms with Crippen molar-refractivity contribution in [2.24, 2.45) is 11.8 Å². The van der Waals surface area contributed by atoms with E-state index in [1.165, 1.54) is 18.2 Å². The highest BCUT2D eigenvalue weighted by Crippen LogP contribution is 2.34. The van der Waals surface area contributed by atoms with Crippen LogP contribution < -0.4 is 11.1 Å². The van der Waals surface area contributed by atoms with Crippen LogP contribution in [0.1, 0.15) is 43.5 Å². The van der Waals surface area contributed by atoms with Gasteiger partial charge in [-0.3, -0.25) is 14.9 Å². The van der Waals surface area contributed by atoms with Crippen LogP contribution >= 0.6 is 0 Å². The molecule has 0 aliphatic heterocycles. The van der Waals surface area contributed by atoms with Crippen LogP contribution in [0.2, 0.25) is 0 Å². The number of nitrogens with two attached hydrogens (primary N) is 1. The number of hydrogen-bond donors (Lipinski definition) is 2. The zero-order chi connectivity index (χ0) is 15.6. The van der Waals surface area contributed by atoms with E-state index in [0.717, 1.165) is 19.3 Å². The maximum Gasteiger partial charge on any atom is 0.282 e. The minimum atomic E-state index is -0.554. The zero-order valence-electron chi connectivity index (χ0n) is 12.3. The highest BCUT2D eigenvalue weighted by Gasteiger charge is 2.33. The number of carbonyl (C=O) groups is 1. The van der Waals surface area contributed by atoms with Crippen LogP contribution in [0.15, 0.2) is 18.2 Å². The minimum absolute atomic E-state index is 0.0344. The van der Waals surface area contributed by atoms with Crippen molar-refractivity contribution >= 4 is 17.3 Å². The average Bonchev–Trinajstić information content (AvgIpc) is 2.79. The predicted molar refractivity (Wildman–Crippen MR) is 80.9 cm³/mol. The van der Waals surface area contributed by atoms with Gasteiger partial charge in [0.1, 0.15) is 5.56 Å². The van der Waals surface area contributed by atoms with Crippen molar-refractivity contribution in [3.05, 3.63) is 33.9 Å². The first-order valence-corrected chi connectivity index (χ1v) is 7.28. The highest BCUT2D eigenvalue weighted by atomic mass is 16.6. The monoisotopic (exact) mass is 291 g/mol. The number of amides is 1. The Morgan fingerprint density at radius 3 is 2.76 bits per heavy atom. The number of nitrogens with zero attached hydrogens (tertiary/aromatic N) is 1. The number of nitrogens with one attached hydrogen (secondary N) is 1. The van der Waals surface area contributed by atoms with Crippen LogP contribution in [0.5, 0.6) is 0 Å². The lowest BCUT2D eigenvalue weighted by atomic mass is 9.93. The third-order valence-electron chi connectivity index (χ3n) is 4.53. The van der Waals surface area contributed by atoms with Crippen molar-refractivity contribution in [1.29, 1.82) is 0 Å². The molecule has 1 fully saturated rings. The molecule has 114 valence electrons. The van der Waals surface area contributed by atoms with E-state index >= 15 is 0 Å². The van der Waals surface area contributed by atoms with Crippen LogP contribution in [0, 0.1) is 22.0 Å². The van der Waals surface area contributed by atoms with E-state index in [0.29, 0.717) is 17.5 Å². The van der Waals surface area contributed by atoms with Gasteiger partial charge in [-0.25, -0.2) is 0 Å². The van der Waals surface area contributed by atoms with Gasteiger partial charge in [0.2, 0.25) is 0 Å². The van der Waals surface area contributed by atoms with E-state index < -0.39 is 10.8 Å². The summed E-state index contributed by atoms with van der Waals surface area (Å²) in [6.07, 6.45) is 3.09. The molecule has 0 radical (unpaired) electrons. The van der Waals surface area contributed by atoms with Crippen molar-refractivity contribution in [2.45, 2.75) is 39.2 Å². The number of hydrogen-bond acceptors (Lipinski definition) is 4. The SMILES string of the molecule is CCC1CCC(NC(=O)c2cc(N)ccc2[N+](=O)[O-])C1C. The summed E-state index contributed by atoms with van der Waals surface area (Å²) in [6, 6.07) is 4.14. The largest absolute Gasteiger partial charge is 0.399 e. The third kappa shape index (κ3) is 3.15.